The molecule has 24 heavy (non-hydrogen) atoms. The van der Waals surface area contributed by atoms with E-state index in [2.05, 4.69) is 25.9 Å². The summed E-state index contributed by atoms with van der Waals surface area (Å²) in [6, 6.07) is 2.35. The normalized spacial score (nSPS) is 12.1. The van der Waals surface area contributed by atoms with Crippen molar-refractivity contribution in [3.05, 3.63) is 51.9 Å². The van der Waals surface area contributed by atoms with Gasteiger partial charge in [0.1, 0.15) is 15.9 Å². The van der Waals surface area contributed by atoms with E-state index in [1.165, 1.54) is 6.20 Å². The highest BCUT2D eigenvalue weighted by atomic mass is 79.9. The van der Waals surface area contributed by atoms with Crippen molar-refractivity contribution in [3.8, 4) is 11.4 Å². The smallest absolute Gasteiger partial charge is 0.158 e. The third-order valence-corrected chi connectivity index (χ3v) is 4.25. The van der Waals surface area contributed by atoms with Crippen molar-refractivity contribution in [3.63, 3.8) is 0 Å². The van der Waals surface area contributed by atoms with Gasteiger partial charge in [-0.25, -0.2) is 18.7 Å². The van der Waals surface area contributed by atoms with Crippen LogP contribution >= 0.6 is 15.9 Å². The number of aliphatic hydroxyl groups excluding tert-OH is 1. The maximum Gasteiger partial charge on any atom is 0.158 e. The molecule has 0 aliphatic rings. The van der Waals surface area contributed by atoms with Crippen molar-refractivity contribution in [1.82, 2.24) is 14.4 Å². The van der Waals surface area contributed by atoms with E-state index < -0.39 is 17.2 Å². The van der Waals surface area contributed by atoms with Gasteiger partial charge < -0.3 is 10.2 Å². The van der Waals surface area contributed by atoms with Crippen LogP contribution in [0.25, 0.3) is 17.0 Å². The molecule has 3 heterocycles. The molecule has 0 saturated heterocycles. The summed E-state index contributed by atoms with van der Waals surface area (Å²) in [5.74, 6) is -1.63. The second-order valence-corrected chi connectivity index (χ2v) is 6.64. The van der Waals surface area contributed by atoms with Crippen molar-refractivity contribution in [1.29, 1.82) is 0 Å². The number of rotatable bonds is 3. The van der Waals surface area contributed by atoms with E-state index in [-0.39, 0.29) is 16.9 Å². The lowest BCUT2D eigenvalue weighted by Gasteiger charge is -2.21. The van der Waals surface area contributed by atoms with Gasteiger partial charge in [-0.05, 0) is 41.4 Å². The first kappa shape index (κ1) is 16.9. The fourth-order valence-corrected chi connectivity index (χ4v) is 2.84. The molecule has 126 valence electrons. The van der Waals surface area contributed by atoms with E-state index in [9.17, 15) is 19.0 Å². The Balaban J connectivity index is 2.30. The summed E-state index contributed by atoms with van der Waals surface area (Å²) in [5, 5.41) is 19.8. The molecule has 0 atom stereocenters. The molecule has 0 aromatic carbocycles. The van der Waals surface area contributed by atoms with Gasteiger partial charge in [-0.3, -0.25) is 4.40 Å². The number of hydrogen-bond acceptors (Lipinski definition) is 4. The molecule has 0 bridgehead atoms. The summed E-state index contributed by atoms with van der Waals surface area (Å²) < 4.78 is 29.0. The average molecular weight is 398 g/mol. The number of hydrogen-bond donors (Lipinski definition) is 2. The second-order valence-electron chi connectivity index (χ2n) is 5.89. The van der Waals surface area contributed by atoms with E-state index in [1.54, 1.807) is 30.5 Å². The summed E-state index contributed by atoms with van der Waals surface area (Å²) >= 11 is 2.94. The number of fused-ring (bicyclic) bond motifs is 1. The third kappa shape index (κ3) is 2.81. The molecule has 3 aromatic heterocycles. The van der Waals surface area contributed by atoms with Gasteiger partial charge in [0.2, 0.25) is 0 Å². The maximum absolute atomic E-state index is 14.1. The van der Waals surface area contributed by atoms with Crippen LogP contribution < -0.4 is 0 Å². The lowest BCUT2D eigenvalue weighted by atomic mass is 9.95. The number of imidazole rings is 1. The molecule has 0 spiro atoms. The van der Waals surface area contributed by atoms with Crippen LogP contribution in [-0.4, -0.2) is 24.6 Å². The Labute approximate surface area is 144 Å². The molecule has 8 heteroatoms. The first-order valence-corrected chi connectivity index (χ1v) is 7.87. The largest absolute Gasteiger partial charge is 0.392 e. The number of aromatic nitrogens is 3. The van der Waals surface area contributed by atoms with Gasteiger partial charge in [-0.2, -0.15) is 0 Å². The Hall–Kier alpha value is -1.90. The Bertz CT molecular complexity index is 935. The zero-order valence-electron chi connectivity index (χ0n) is 12.9. The second kappa shape index (κ2) is 5.87. The van der Waals surface area contributed by atoms with Crippen LogP contribution in [0.4, 0.5) is 8.78 Å². The van der Waals surface area contributed by atoms with Crippen LogP contribution in [0.5, 0.6) is 0 Å². The lowest BCUT2D eigenvalue weighted by molar-refractivity contribution is 0.0755. The van der Waals surface area contributed by atoms with Gasteiger partial charge >= 0.3 is 0 Å². The van der Waals surface area contributed by atoms with E-state index >= 15 is 0 Å². The maximum atomic E-state index is 14.1. The van der Waals surface area contributed by atoms with E-state index in [0.29, 0.717) is 22.5 Å². The van der Waals surface area contributed by atoms with Crippen molar-refractivity contribution in [2.75, 3.05) is 0 Å². The summed E-state index contributed by atoms with van der Waals surface area (Å²) in [5.41, 5.74) is 0.443. The Morgan fingerprint density at radius 1 is 1.25 bits per heavy atom. The highest BCUT2D eigenvalue weighted by Gasteiger charge is 2.23. The van der Waals surface area contributed by atoms with Crippen molar-refractivity contribution in [2.45, 2.75) is 26.1 Å². The summed E-state index contributed by atoms with van der Waals surface area (Å²) in [4.78, 5) is 8.07. The molecule has 0 aliphatic carbocycles. The molecule has 0 aliphatic heterocycles. The predicted octanol–water partition coefficient (Wildman–Crippen LogP) is 3.16. The fourth-order valence-electron chi connectivity index (χ4n) is 2.54. The van der Waals surface area contributed by atoms with Crippen LogP contribution in [0.3, 0.4) is 0 Å². The Kier molecular flexibility index (Phi) is 4.15. The summed E-state index contributed by atoms with van der Waals surface area (Å²) in [7, 11) is 0. The minimum absolute atomic E-state index is 0.0748. The lowest BCUT2D eigenvalue weighted by Crippen LogP contribution is -2.19. The van der Waals surface area contributed by atoms with Crippen LogP contribution in [0.15, 0.2) is 29.1 Å². The molecular weight excluding hydrogens is 384 g/mol. The van der Waals surface area contributed by atoms with Gasteiger partial charge in [-0.15, -0.1) is 0 Å². The van der Waals surface area contributed by atoms with Gasteiger partial charge in [0.05, 0.1) is 24.1 Å². The average Bonchev–Trinajstić information content (AvgIpc) is 2.91. The van der Waals surface area contributed by atoms with Crippen molar-refractivity contribution < 1.29 is 19.0 Å². The molecule has 2 N–H and O–H groups in total. The Morgan fingerprint density at radius 3 is 2.58 bits per heavy atom. The highest BCUT2D eigenvalue weighted by Crippen LogP contribution is 2.30. The fraction of sp³-hybridized carbons (Fsp3) is 0.250. The van der Waals surface area contributed by atoms with Crippen LogP contribution in [0.1, 0.15) is 25.0 Å². The molecule has 3 rings (SSSR count). The topological polar surface area (TPSA) is 70.7 Å². The van der Waals surface area contributed by atoms with Crippen LogP contribution in [0, 0.1) is 11.6 Å². The molecule has 0 saturated carbocycles. The molecule has 0 radical (unpaired) electrons. The van der Waals surface area contributed by atoms with E-state index in [4.69, 9.17) is 0 Å². The standard InChI is InChI=1S/C16H14BrF2N3O2/c1-16(2,24)9-6-22-12(5-20-13(22)3-8(9)7-23)14-10(18)4-11(19)15(17)21-14/h3-6,23-24H,7H2,1-2H3. The molecular formula is C16H14BrF2N3O2. The van der Waals surface area contributed by atoms with Crippen LogP contribution in [0.2, 0.25) is 0 Å². The quantitative estimate of drug-likeness (QED) is 0.666. The Morgan fingerprint density at radius 2 is 1.96 bits per heavy atom. The van der Waals surface area contributed by atoms with E-state index in [0.717, 1.165) is 6.07 Å². The predicted molar refractivity (Wildman–Crippen MR) is 87.2 cm³/mol. The van der Waals surface area contributed by atoms with Gasteiger partial charge in [0.15, 0.2) is 11.6 Å². The minimum atomic E-state index is -1.22. The minimum Gasteiger partial charge on any atom is -0.392 e. The zero-order chi connectivity index (χ0) is 17.6. The van der Waals surface area contributed by atoms with Crippen molar-refractivity contribution >= 4 is 21.6 Å². The summed E-state index contributed by atoms with van der Waals surface area (Å²) in [6.07, 6.45) is 2.97. The van der Waals surface area contributed by atoms with Gasteiger partial charge in [0, 0.05) is 17.8 Å². The molecule has 0 amide bonds. The van der Waals surface area contributed by atoms with Crippen molar-refractivity contribution in [2.24, 2.45) is 0 Å². The monoisotopic (exact) mass is 397 g/mol. The number of halogens is 3. The third-order valence-electron chi connectivity index (χ3n) is 3.69. The number of pyridine rings is 2. The number of nitrogens with zero attached hydrogens (tertiary/aromatic N) is 3. The van der Waals surface area contributed by atoms with Gasteiger partial charge in [-0.1, -0.05) is 0 Å². The molecule has 5 nitrogen and oxygen atoms in total. The molecule has 3 aromatic rings. The van der Waals surface area contributed by atoms with Crippen LogP contribution in [-0.2, 0) is 12.2 Å². The first-order chi connectivity index (χ1) is 11.2. The first-order valence-electron chi connectivity index (χ1n) is 7.08. The zero-order valence-corrected chi connectivity index (χ0v) is 14.5. The number of aliphatic hydroxyl groups is 2. The molecule has 0 unspecified atom stereocenters. The van der Waals surface area contributed by atoms with Gasteiger partial charge in [0.25, 0.3) is 0 Å². The van der Waals surface area contributed by atoms with E-state index in [1.807, 2.05) is 0 Å². The highest BCUT2D eigenvalue weighted by molar-refractivity contribution is 9.10. The summed E-state index contributed by atoms with van der Waals surface area (Å²) in [6.45, 7) is 2.89. The molecule has 0 fully saturated rings. The SMILES string of the molecule is CC(C)(O)c1cn2c(-c3nc(Br)c(F)cc3F)cnc2cc1CO.